The Balaban J connectivity index is 2.04. The second-order valence-corrected chi connectivity index (χ2v) is 6.46. The van der Waals surface area contributed by atoms with Crippen LogP contribution in [0, 0.1) is 0 Å². The number of nitrogens with zero attached hydrogens (tertiary/aromatic N) is 3. The number of nitrogens with two attached hydrogens (primary N) is 1. The monoisotopic (exact) mass is 296 g/mol. The van der Waals surface area contributed by atoms with Crippen LogP contribution in [0.3, 0.4) is 0 Å². The van der Waals surface area contributed by atoms with Crippen LogP contribution < -0.4 is 5.73 Å². The second-order valence-electron chi connectivity index (χ2n) is 4.26. The number of thiophene rings is 1. The molecule has 0 atom stereocenters. The van der Waals surface area contributed by atoms with Crippen molar-refractivity contribution in [2.45, 2.75) is 50.7 Å². The predicted molar refractivity (Wildman–Crippen MR) is 81.5 cm³/mol. The Morgan fingerprint density at radius 3 is 2.68 bits per heavy atom. The van der Waals surface area contributed by atoms with Gasteiger partial charge in [-0.05, 0) is 25.0 Å². The summed E-state index contributed by atoms with van der Waals surface area (Å²) in [5.41, 5.74) is 5.69. The first-order chi connectivity index (χ1) is 9.28. The second kappa shape index (κ2) is 7.07. The molecule has 2 rings (SSSR count). The first-order valence-corrected chi connectivity index (χ1v) is 8.41. The number of hydrogen-bond donors (Lipinski definition) is 1. The molecule has 2 aromatic rings. The van der Waals surface area contributed by atoms with Crippen molar-refractivity contribution in [1.82, 2.24) is 14.8 Å². The quantitative estimate of drug-likeness (QED) is 0.798. The van der Waals surface area contributed by atoms with Crippen LogP contribution in [0.4, 0.5) is 0 Å². The fraction of sp³-hybridized carbons (Fsp3) is 0.538. The number of thioether (sulfide) groups is 1. The molecule has 0 radical (unpaired) electrons. The van der Waals surface area contributed by atoms with Crippen molar-refractivity contribution in [1.29, 1.82) is 0 Å². The smallest absolute Gasteiger partial charge is 0.191 e. The standard InChI is InChI=1S/C13H20N4S2/c1-3-7-17-12(8-14)15-16-13(17)18-9-11-6-5-10(4-2)19-11/h5-6H,3-4,7-9,14H2,1-2H3. The van der Waals surface area contributed by atoms with Crippen molar-refractivity contribution in [3.63, 3.8) is 0 Å². The highest BCUT2D eigenvalue weighted by Crippen LogP contribution is 2.26. The minimum Gasteiger partial charge on any atom is -0.324 e. The largest absolute Gasteiger partial charge is 0.324 e. The van der Waals surface area contributed by atoms with Crippen LogP contribution in [-0.2, 0) is 25.3 Å². The molecule has 4 nitrogen and oxygen atoms in total. The Kier molecular flexibility index (Phi) is 5.42. The van der Waals surface area contributed by atoms with Crippen LogP contribution in [0.5, 0.6) is 0 Å². The van der Waals surface area contributed by atoms with Crippen molar-refractivity contribution >= 4 is 23.1 Å². The Hall–Kier alpha value is -0.850. The third-order valence-corrected chi connectivity index (χ3v) is 5.26. The van der Waals surface area contributed by atoms with E-state index >= 15 is 0 Å². The maximum absolute atomic E-state index is 5.69. The van der Waals surface area contributed by atoms with Gasteiger partial charge in [-0.3, -0.25) is 0 Å². The van der Waals surface area contributed by atoms with E-state index in [1.165, 1.54) is 9.75 Å². The fourth-order valence-corrected chi connectivity index (χ4v) is 3.83. The van der Waals surface area contributed by atoms with Crippen LogP contribution in [-0.4, -0.2) is 14.8 Å². The maximum atomic E-state index is 5.69. The molecule has 0 aromatic carbocycles. The van der Waals surface area contributed by atoms with Gasteiger partial charge in [-0.1, -0.05) is 25.6 Å². The normalized spacial score (nSPS) is 11.1. The molecule has 0 bridgehead atoms. The van der Waals surface area contributed by atoms with Gasteiger partial charge in [-0.2, -0.15) is 0 Å². The zero-order valence-electron chi connectivity index (χ0n) is 11.4. The molecule has 19 heavy (non-hydrogen) atoms. The molecule has 0 spiro atoms. The SMILES string of the molecule is CCCn1c(CN)nnc1SCc1ccc(CC)s1. The van der Waals surface area contributed by atoms with Crippen LogP contribution in [0.25, 0.3) is 0 Å². The Morgan fingerprint density at radius 2 is 2.05 bits per heavy atom. The average Bonchev–Trinajstić information content (AvgIpc) is 3.03. The van der Waals surface area contributed by atoms with E-state index in [0.717, 1.165) is 36.1 Å². The van der Waals surface area contributed by atoms with Crippen LogP contribution in [0.1, 0.15) is 35.8 Å². The van der Waals surface area contributed by atoms with Gasteiger partial charge in [-0.25, -0.2) is 0 Å². The van der Waals surface area contributed by atoms with Crippen LogP contribution in [0.15, 0.2) is 17.3 Å². The van der Waals surface area contributed by atoms with E-state index < -0.39 is 0 Å². The molecule has 0 aliphatic heterocycles. The third kappa shape index (κ3) is 3.58. The highest BCUT2D eigenvalue weighted by atomic mass is 32.2. The molecule has 2 aromatic heterocycles. The van der Waals surface area contributed by atoms with Gasteiger partial charge in [0.1, 0.15) is 5.82 Å². The van der Waals surface area contributed by atoms with E-state index in [2.05, 4.69) is 40.7 Å². The summed E-state index contributed by atoms with van der Waals surface area (Å²) in [6.07, 6.45) is 2.18. The van der Waals surface area contributed by atoms with Crippen molar-refractivity contribution in [3.8, 4) is 0 Å². The molecule has 0 amide bonds. The summed E-state index contributed by atoms with van der Waals surface area (Å²) in [4.78, 5) is 2.83. The van der Waals surface area contributed by atoms with E-state index in [1.54, 1.807) is 11.8 Å². The van der Waals surface area contributed by atoms with Gasteiger partial charge in [0.25, 0.3) is 0 Å². The summed E-state index contributed by atoms with van der Waals surface area (Å²) in [7, 11) is 0. The molecule has 0 fully saturated rings. The molecule has 2 heterocycles. The van der Waals surface area contributed by atoms with Gasteiger partial charge in [0.15, 0.2) is 5.16 Å². The van der Waals surface area contributed by atoms with Gasteiger partial charge in [0, 0.05) is 22.1 Å². The van der Waals surface area contributed by atoms with Gasteiger partial charge in [0.05, 0.1) is 6.54 Å². The molecule has 104 valence electrons. The first kappa shape index (κ1) is 14.6. The summed E-state index contributed by atoms with van der Waals surface area (Å²) in [6, 6.07) is 4.42. The fourth-order valence-electron chi connectivity index (χ4n) is 1.85. The Labute approximate surface area is 122 Å². The summed E-state index contributed by atoms with van der Waals surface area (Å²) in [5.74, 6) is 1.83. The van der Waals surface area contributed by atoms with Crippen LogP contribution in [0.2, 0.25) is 0 Å². The minimum absolute atomic E-state index is 0.451. The maximum Gasteiger partial charge on any atom is 0.191 e. The summed E-state index contributed by atoms with van der Waals surface area (Å²) < 4.78 is 2.14. The van der Waals surface area contributed by atoms with Gasteiger partial charge in [0.2, 0.25) is 0 Å². The van der Waals surface area contributed by atoms with E-state index in [9.17, 15) is 0 Å². The lowest BCUT2D eigenvalue weighted by Gasteiger charge is -2.06. The lowest BCUT2D eigenvalue weighted by atomic mass is 10.4. The molecule has 0 saturated carbocycles. The molecule has 2 N–H and O–H groups in total. The van der Waals surface area contributed by atoms with Crippen LogP contribution >= 0.6 is 23.1 Å². The summed E-state index contributed by atoms with van der Waals surface area (Å²) in [5, 5.41) is 9.39. The van der Waals surface area contributed by atoms with Crippen molar-refractivity contribution < 1.29 is 0 Å². The van der Waals surface area contributed by atoms with E-state index in [-0.39, 0.29) is 0 Å². The predicted octanol–water partition coefficient (Wildman–Crippen LogP) is 3.06. The highest BCUT2D eigenvalue weighted by Gasteiger charge is 2.11. The molecule has 0 saturated heterocycles. The highest BCUT2D eigenvalue weighted by molar-refractivity contribution is 7.98. The first-order valence-electron chi connectivity index (χ1n) is 6.61. The molecule has 0 unspecified atom stereocenters. The number of aryl methyl sites for hydroxylation is 1. The lowest BCUT2D eigenvalue weighted by molar-refractivity contribution is 0.592. The topological polar surface area (TPSA) is 56.7 Å². The molecule has 0 aliphatic rings. The van der Waals surface area contributed by atoms with E-state index in [0.29, 0.717) is 6.54 Å². The van der Waals surface area contributed by atoms with Gasteiger partial charge < -0.3 is 10.3 Å². The molecule has 6 heteroatoms. The van der Waals surface area contributed by atoms with E-state index in [4.69, 9.17) is 5.73 Å². The lowest BCUT2D eigenvalue weighted by Crippen LogP contribution is -2.09. The zero-order chi connectivity index (χ0) is 13.7. The van der Waals surface area contributed by atoms with Gasteiger partial charge >= 0.3 is 0 Å². The van der Waals surface area contributed by atoms with Crippen molar-refractivity contribution in [2.24, 2.45) is 5.73 Å². The number of aromatic nitrogens is 3. The number of hydrogen-bond acceptors (Lipinski definition) is 5. The summed E-state index contributed by atoms with van der Waals surface area (Å²) >= 11 is 3.63. The molecule has 0 aliphatic carbocycles. The molecular formula is C13H20N4S2. The molecular weight excluding hydrogens is 276 g/mol. The van der Waals surface area contributed by atoms with Crippen molar-refractivity contribution in [3.05, 3.63) is 27.7 Å². The Bertz CT molecular complexity index is 518. The minimum atomic E-state index is 0.451. The Morgan fingerprint density at radius 1 is 1.26 bits per heavy atom. The average molecular weight is 296 g/mol. The van der Waals surface area contributed by atoms with Gasteiger partial charge in [-0.15, -0.1) is 21.5 Å². The zero-order valence-corrected chi connectivity index (χ0v) is 13.1. The summed E-state index contributed by atoms with van der Waals surface area (Å²) in [6.45, 7) is 5.73. The number of rotatable bonds is 7. The van der Waals surface area contributed by atoms with Crippen molar-refractivity contribution in [2.75, 3.05) is 0 Å². The third-order valence-electron chi connectivity index (χ3n) is 2.83. The van der Waals surface area contributed by atoms with E-state index in [1.807, 2.05) is 11.3 Å².